The van der Waals surface area contributed by atoms with Crippen molar-refractivity contribution in [2.45, 2.75) is 39.0 Å². The highest BCUT2D eigenvalue weighted by Gasteiger charge is 1.97. The Morgan fingerprint density at radius 2 is 2.17 bits per heavy atom. The number of unbranched alkanes of at least 4 members (excludes halogenated alkanes) is 3. The fraction of sp³-hybridized carbons (Fsp3) is 0.700. The number of allylic oxidation sites excluding steroid dienone is 1. The van der Waals surface area contributed by atoms with Crippen LogP contribution in [0.1, 0.15) is 39.0 Å². The second kappa shape index (κ2) is 8.31. The molecular formula is C10H19NO. The van der Waals surface area contributed by atoms with Crippen molar-refractivity contribution in [2.75, 3.05) is 6.54 Å². The van der Waals surface area contributed by atoms with E-state index >= 15 is 0 Å². The van der Waals surface area contributed by atoms with Gasteiger partial charge in [-0.2, -0.15) is 0 Å². The molecule has 70 valence electrons. The molecule has 0 aromatic carbocycles. The predicted octanol–water partition coefficient (Wildman–Crippen LogP) is 2.26. The van der Waals surface area contributed by atoms with Crippen LogP contribution in [0, 0.1) is 0 Å². The van der Waals surface area contributed by atoms with Crippen molar-refractivity contribution in [1.29, 1.82) is 0 Å². The zero-order chi connectivity index (χ0) is 9.23. The Morgan fingerprint density at radius 1 is 1.42 bits per heavy atom. The van der Waals surface area contributed by atoms with Crippen LogP contribution >= 0.6 is 0 Å². The molecule has 0 aromatic rings. The Labute approximate surface area is 75.0 Å². The standard InChI is InChI=1S/C10H19NO/c1-3-5-6-7-8-9-10(12)11-4-2/h3H,1,4-9H2,2H3,(H,11,12). The molecule has 0 atom stereocenters. The van der Waals surface area contributed by atoms with Crippen LogP contribution in [0.3, 0.4) is 0 Å². The lowest BCUT2D eigenvalue weighted by atomic mass is 10.1. The van der Waals surface area contributed by atoms with Crippen LogP contribution in [0.2, 0.25) is 0 Å². The molecule has 2 heteroatoms. The Balaban J connectivity index is 3.08. The maximum absolute atomic E-state index is 10.9. The molecule has 0 rings (SSSR count). The van der Waals surface area contributed by atoms with Gasteiger partial charge in [0.25, 0.3) is 0 Å². The summed E-state index contributed by atoms with van der Waals surface area (Å²) in [6.45, 7) is 6.33. The van der Waals surface area contributed by atoms with E-state index in [0.717, 1.165) is 32.2 Å². The number of hydrogen-bond acceptors (Lipinski definition) is 1. The van der Waals surface area contributed by atoms with E-state index in [9.17, 15) is 4.79 Å². The summed E-state index contributed by atoms with van der Waals surface area (Å²) < 4.78 is 0. The maximum Gasteiger partial charge on any atom is 0.219 e. The Morgan fingerprint density at radius 3 is 2.75 bits per heavy atom. The van der Waals surface area contributed by atoms with Gasteiger partial charge in [-0.25, -0.2) is 0 Å². The molecule has 0 spiro atoms. The summed E-state index contributed by atoms with van der Waals surface area (Å²) in [7, 11) is 0. The lowest BCUT2D eigenvalue weighted by molar-refractivity contribution is -0.121. The van der Waals surface area contributed by atoms with E-state index in [2.05, 4.69) is 11.9 Å². The van der Waals surface area contributed by atoms with Gasteiger partial charge in [-0.05, 0) is 26.2 Å². The number of rotatable bonds is 7. The van der Waals surface area contributed by atoms with Gasteiger partial charge in [0.2, 0.25) is 5.91 Å². The molecule has 0 saturated heterocycles. The molecule has 0 heterocycles. The van der Waals surface area contributed by atoms with E-state index in [-0.39, 0.29) is 5.91 Å². The van der Waals surface area contributed by atoms with Crippen LogP contribution in [-0.2, 0) is 4.79 Å². The van der Waals surface area contributed by atoms with Gasteiger partial charge in [0.05, 0.1) is 0 Å². The molecule has 0 aromatic heterocycles. The van der Waals surface area contributed by atoms with Crippen molar-refractivity contribution in [3.63, 3.8) is 0 Å². The lowest BCUT2D eigenvalue weighted by Gasteiger charge is -2.00. The van der Waals surface area contributed by atoms with Crippen LogP contribution in [0.5, 0.6) is 0 Å². The largest absolute Gasteiger partial charge is 0.356 e. The molecule has 0 unspecified atom stereocenters. The number of hydrogen-bond donors (Lipinski definition) is 1. The number of nitrogens with one attached hydrogen (secondary N) is 1. The summed E-state index contributed by atoms with van der Waals surface area (Å²) >= 11 is 0. The summed E-state index contributed by atoms with van der Waals surface area (Å²) in [5, 5.41) is 2.78. The topological polar surface area (TPSA) is 29.1 Å². The molecule has 0 aliphatic rings. The van der Waals surface area contributed by atoms with Gasteiger partial charge in [0.1, 0.15) is 0 Å². The molecule has 1 N–H and O–H groups in total. The molecule has 0 aliphatic carbocycles. The average molecular weight is 169 g/mol. The minimum atomic E-state index is 0.177. The van der Waals surface area contributed by atoms with Gasteiger partial charge in [0.15, 0.2) is 0 Å². The van der Waals surface area contributed by atoms with Crippen LogP contribution in [-0.4, -0.2) is 12.5 Å². The first-order chi connectivity index (χ1) is 5.81. The van der Waals surface area contributed by atoms with Crippen molar-refractivity contribution in [3.8, 4) is 0 Å². The summed E-state index contributed by atoms with van der Waals surface area (Å²) in [5.41, 5.74) is 0. The van der Waals surface area contributed by atoms with Crippen LogP contribution in [0.15, 0.2) is 12.7 Å². The third kappa shape index (κ3) is 7.32. The van der Waals surface area contributed by atoms with E-state index in [1.54, 1.807) is 0 Å². The van der Waals surface area contributed by atoms with Gasteiger partial charge in [0, 0.05) is 13.0 Å². The van der Waals surface area contributed by atoms with E-state index in [1.165, 1.54) is 0 Å². The molecule has 0 saturated carbocycles. The highest BCUT2D eigenvalue weighted by molar-refractivity contribution is 5.75. The first-order valence-electron chi connectivity index (χ1n) is 4.68. The van der Waals surface area contributed by atoms with E-state index < -0.39 is 0 Å². The Bertz CT molecular complexity index is 132. The van der Waals surface area contributed by atoms with E-state index in [4.69, 9.17) is 0 Å². The highest BCUT2D eigenvalue weighted by Crippen LogP contribution is 2.02. The molecular weight excluding hydrogens is 150 g/mol. The number of carbonyl (C=O) groups excluding carboxylic acids is 1. The molecule has 1 amide bonds. The third-order valence-corrected chi connectivity index (χ3v) is 1.69. The second-order valence-electron chi connectivity index (χ2n) is 2.84. The highest BCUT2D eigenvalue weighted by atomic mass is 16.1. The molecule has 12 heavy (non-hydrogen) atoms. The van der Waals surface area contributed by atoms with E-state index in [0.29, 0.717) is 6.42 Å². The Hall–Kier alpha value is -0.790. The smallest absolute Gasteiger partial charge is 0.219 e. The van der Waals surface area contributed by atoms with Crippen LogP contribution in [0.25, 0.3) is 0 Å². The maximum atomic E-state index is 10.9. The van der Waals surface area contributed by atoms with Gasteiger partial charge in [-0.1, -0.05) is 12.5 Å². The quantitative estimate of drug-likeness (QED) is 0.459. The molecule has 2 nitrogen and oxygen atoms in total. The normalized spacial score (nSPS) is 9.42. The van der Waals surface area contributed by atoms with Crippen molar-refractivity contribution in [1.82, 2.24) is 5.32 Å². The van der Waals surface area contributed by atoms with Crippen molar-refractivity contribution in [2.24, 2.45) is 0 Å². The van der Waals surface area contributed by atoms with Crippen molar-refractivity contribution < 1.29 is 4.79 Å². The van der Waals surface area contributed by atoms with Crippen LogP contribution < -0.4 is 5.32 Å². The summed E-state index contributed by atoms with van der Waals surface area (Å²) in [4.78, 5) is 10.9. The SMILES string of the molecule is C=CCCCCCC(=O)NCC. The fourth-order valence-electron chi connectivity index (χ4n) is 1.04. The average Bonchev–Trinajstić information content (AvgIpc) is 2.05. The number of carbonyl (C=O) groups is 1. The molecule has 0 aliphatic heterocycles. The van der Waals surface area contributed by atoms with Crippen molar-refractivity contribution in [3.05, 3.63) is 12.7 Å². The van der Waals surface area contributed by atoms with Gasteiger partial charge in [-0.15, -0.1) is 6.58 Å². The second-order valence-corrected chi connectivity index (χ2v) is 2.84. The minimum Gasteiger partial charge on any atom is -0.356 e. The third-order valence-electron chi connectivity index (χ3n) is 1.69. The summed E-state index contributed by atoms with van der Waals surface area (Å²) in [5.74, 6) is 0.177. The van der Waals surface area contributed by atoms with Crippen molar-refractivity contribution >= 4 is 5.91 Å². The minimum absolute atomic E-state index is 0.177. The van der Waals surface area contributed by atoms with Gasteiger partial charge < -0.3 is 5.32 Å². The molecule has 0 fully saturated rings. The first-order valence-corrected chi connectivity index (χ1v) is 4.68. The first kappa shape index (κ1) is 11.2. The van der Waals surface area contributed by atoms with Gasteiger partial charge >= 0.3 is 0 Å². The predicted molar refractivity (Wildman–Crippen MR) is 52.0 cm³/mol. The van der Waals surface area contributed by atoms with E-state index in [1.807, 2.05) is 13.0 Å². The molecule has 0 radical (unpaired) electrons. The fourth-order valence-corrected chi connectivity index (χ4v) is 1.04. The summed E-state index contributed by atoms with van der Waals surface area (Å²) in [6.07, 6.45) is 6.94. The molecule has 0 bridgehead atoms. The van der Waals surface area contributed by atoms with Gasteiger partial charge in [-0.3, -0.25) is 4.79 Å². The summed E-state index contributed by atoms with van der Waals surface area (Å²) in [6, 6.07) is 0. The van der Waals surface area contributed by atoms with Crippen LogP contribution in [0.4, 0.5) is 0 Å². The number of amides is 1. The lowest BCUT2D eigenvalue weighted by Crippen LogP contribution is -2.21. The monoisotopic (exact) mass is 169 g/mol. The zero-order valence-corrected chi connectivity index (χ0v) is 7.94. The Kier molecular flexibility index (Phi) is 7.76. The zero-order valence-electron chi connectivity index (χ0n) is 7.94.